The van der Waals surface area contributed by atoms with E-state index < -0.39 is 5.41 Å². The van der Waals surface area contributed by atoms with Crippen LogP contribution in [0.2, 0.25) is 0 Å². The van der Waals surface area contributed by atoms with Crippen molar-refractivity contribution in [1.29, 1.82) is 0 Å². The zero-order chi connectivity index (χ0) is 48.3. The summed E-state index contributed by atoms with van der Waals surface area (Å²) in [5.41, 5.74) is 28.3. The van der Waals surface area contributed by atoms with Crippen LogP contribution in [0.4, 0.5) is 0 Å². The van der Waals surface area contributed by atoms with Gasteiger partial charge in [0.05, 0.1) is 5.41 Å². The molecule has 2 nitrogen and oxygen atoms in total. The van der Waals surface area contributed by atoms with Crippen LogP contribution in [-0.2, 0) is 16.2 Å². The maximum absolute atomic E-state index is 7.27. The van der Waals surface area contributed by atoms with Gasteiger partial charge in [-0.25, -0.2) is 0 Å². The lowest BCUT2D eigenvalue weighted by molar-refractivity contribution is 0.660. The molecule has 0 fully saturated rings. The molecule has 0 saturated heterocycles. The standard InChI is InChI=1S/C71H46O2/c1-69(2)52-24-12-7-18-42(52)50-35-39(29-31-54(50)69)48-37-58-63(44-20-6-5-17-41(44)48)67-59(71(58)56-26-14-9-21-45(56)64-57(71)33-34-62-65(64)46-22-10-15-27-60(46)72-62)38-49(68-66(67)47-23-11-16-28-61(47)73-68)40-30-32-55-51(36-40)43-19-8-13-25-53(43)70(55,3)4/h5-38H,1-4H3. The Balaban J connectivity index is 1.05. The van der Waals surface area contributed by atoms with Crippen LogP contribution < -0.4 is 0 Å². The number of para-hydroxylation sites is 2. The minimum absolute atomic E-state index is 0.0924. The molecule has 0 bridgehead atoms. The first-order valence-corrected chi connectivity index (χ1v) is 25.8. The number of hydrogen-bond acceptors (Lipinski definition) is 2. The zero-order valence-electron chi connectivity index (χ0n) is 40.9. The third kappa shape index (κ3) is 4.72. The van der Waals surface area contributed by atoms with Gasteiger partial charge >= 0.3 is 0 Å². The van der Waals surface area contributed by atoms with Crippen LogP contribution in [0.1, 0.15) is 72.2 Å². The fourth-order valence-electron chi connectivity index (χ4n) is 14.9. The molecular weight excluding hydrogens is 885 g/mol. The Morgan fingerprint density at radius 3 is 1.42 bits per heavy atom. The molecule has 1 atom stereocenters. The molecular formula is C71H46O2. The van der Waals surface area contributed by atoms with Gasteiger partial charge in [0, 0.05) is 37.9 Å². The van der Waals surface area contributed by atoms with Gasteiger partial charge in [-0.3, -0.25) is 0 Å². The summed E-state index contributed by atoms with van der Waals surface area (Å²) in [6.07, 6.45) is 0. The topological polar surface area (TPSA) is 26.3 Å². The molecule has 0 radical (unpaired) electrons. The molecule has 2 heteroatoms. The van der Waals surface area contributed by atoms with Gasteiger partial charge in [0.15, 0.2) is 0 Å². The fraction of sp³-hybridized carbons (Fsp3) is 0.0986. The van der Waals surface area contributed by atoms with E-state index >= 15 is 0 Å². The maximum Gasteiger partial charge on any atom is 0.143 e. The van der Waals surface area contributed by atoms with Crippen molar-refractivity contribution in [3.05, 3.63) is 251 Å². The molecule has 342 valence electrons. The van der Waals surface area contributed by atoms with E-state index in [0.717, 1.165) is 49.6 Å². The van der Waals surface area contributed by atoms with Gasteiger partial charge in [-0.05, 0) is 159 Å². The van der Waals surface area contributed by atoms with Crippen molar-refractivity contribution in [2.24, 2.45) is 0 Å². The van der Waals surface area contributed by atoms with Crippen LogP contribution in [0.3, 0.4) is 0 Å². The quantitative estimate of drug-likeness (QED) is 0.173. The van der Waals surface area contributed by atoms with Crippen LogP contribution in [0.5, 0.6) is 0 Å². The maximum atomic E-state index is 7.27. The summed E-state index contributed by atoms with van der Waals surface area (Å²) in [4.78, 5) is 0. The highest BCUT2D eigenvalue weighted by molar-refractivity contribution is 6.25. The Morgan fingerprint density at radius 1 is 0.274 bits per heavy atom. The first-order valence-electron chi connectivity index (χ1n) is 25.8. The second-order valence-electron chi connectivity index (χ2n) is 22.2. The molecule has 17 rings (SSSR count). The second-order valence-corrected chi connectivity index (χ2v) is 22.2. The summed E-state index contributed by atoms with van der Waals surface area (Å²) in [5, 5.41) is 7.08. The monoisotopic (exact) mass is 930 g/mol. The lowest BCUT2D eigenvalue weighted by atomic mass is 9.69. The summed E-state index contributed by atoms with van der Waals surface area (Å²) >= 11 is 0. The molecule has 2 aromatic heterocycles. The van der Waals surface area contributed by atoms with Gasteiger partial charge in [0.2, 0.25) is 0 Å². The van der Waals surface area contributed by atoms with Gasteiger partial charge < -0.3 is 8.83 Å². The molecule has 4 aliphatic rings. The van der Waals surface area contributed by atoms with Crippen molar-refractivity contribution in [3.63, 3.8) is 0 Å². The van der Waals surface area contributed by atoms with E-state index in [4.69, 9.17) is 8.83 Å². The smallest absolute Gasteiger partial charge is 0.143 e. The lowest BCUT2D eigenvalue weighted by Gasteiger charge is -2.31. The molecule has 2 heterocycles. The van der Waals surface area contributed by atoms with Crippen LogP contribution in [0.15, 0.2) is 215 Å². The average Bonchev–Trinajstić information content (AvgIpc) is 4.35. The van der Waals surface area contributed by atoms with E-state index in [0.29, 0.717) is 0 Å². The lowest BCUT2D eigenvalue weighted by Crippen LogP contribution is -2.26. The van der Waals surface area contributed by atoms with E-state index in [-0.39, 0.29) is 10.8 Å². The molecule has 13 aromatic rings. The summed E-state index contributed by atoms with van der Waals surface area (Å²) < 4.78 is 14.0. The largest absolute Gasteiger partial charge is 0.456 e. The predicted molar refractivity (Wildman–Crippen MR) is 301 cm³/mol. The minimum Gasteiger partial charge on any atom is -0.456 e. The number of rotatable bonds is 2. The Labute approximate surface area is 422 Å². The van der Waals surface area contributed by atoms with Crippen LogP contribution in [-0.4, -0.2) is 0 Å². The molecule has 0 saturated carbocycles. The summed E-state index contributed by atoms with van der Waals surface area (Å²) in [6, 6.07) is 77.9. The predicted octanol–water partition coefficient (Wildman–Crippen LogP) is 18.9. The Morgan fingerprint density at radius 2 is 0.753 bits per heavy atom. The van der Waals surface area contributed by atoms with Gasteiger partial charge in [-0.15, -0.1) is 0 Å². The normalized spacial score (nSPS) is 16.8. The van der Waals surface area contributed by atoms with E-state index in [2.05, 4.69) is 234 Å². The van der Waals surface area contributed by atoms with Crippen molar-refractivity contribution >= 4 is 54.6 Å². The van der Waals surface area contributed by atoms with Crippen molar-refractivity contribution in [2.75, 3.05) is 0 Å². The van der Waals surface area contributed by atoms with Crippen LogP contribution in [0, 0.1) is 0 Å². The highest BCUT2D eigenvalue weighted by Gasteiger charge is 2.54. The minimum atomic E-state index is -0.722. The molecule has 0 amide bonds. The molecule has 1 unspecified atom stereocenters. The first-order chi connectivity index (χ1) is 35.7. The SMILES string of the molecule is CC1(C)c2ccccc2-c2cc(-c3cc4c(c5ccccc35)-c3c(cc(-c5ccc6c(c5)-c5ccccc5C6(C)C)c5oc6ccccc6c35)C43c4ccccc4-c4c3ccc3oc5ccccc5c43)ccc21. The van der Waals surface area contributed by atoms with E-state index in [9.17, 15) is 0 Å². The van der Waals surface area contributed by atoms with Crippen molar-refractivity contribution in [1.82, 2.24) is 0 Å². The average molecular weight is 931 g/mol. The van der Waals surface area contributed by atoms with Crippen molar-refractivity contribution < 1.29 is 8.83 Å². The van der Waals surface area contributed by atoms with E-state index in [1.807, 2.05) is 0 Å². The Bertz CT molecular complexity index is 4680. The Hall–Kier alpha value is -8.72. The van der Waals surface area contributed by atoms with Gasteiger partial charge in [0.1, 0.15) is 22.3 Å². The molecule has 73 heavy (non-hydrogen) atoms. The number of benzene rings is 11. The number of furan rings is 2. The third-order valence-electron chi connectivity index (χ3n) is 18.1. The van der Waals surface area contributed by atoms with E-state index in [1.165, 1.54) is 116 Å². The Kier molecular flexibility index (Phi) is 7.34. The first kappa shape index (κ1) is 39.9. The summed E-state index contributed by atoms with van der Waals surface area (Å²) in [6.45, 7) is 9.47. The van der Waals surface area contributed by atoms with Crippen molar-refractivity contribution in [3.8, 4) is 66.8 Å². The number of hydrogen-bond donors (Lipinski definition) is 0. The van der Waals surface area contributed by atoms with Crippen LogP contribution >= 0.6 is 0 Å². The molecule has 1 spiro atoms. The van der Waals surface area contributed by atoms with E-state index in [1.54, 1.807) is 0 Å². The third-order valence-corrected chi connectivity index (χ3v) is 18.1. The second kappa shape index (κ2) is 13.4. The molecule has 11 aromatic carbocycles. The molecule has 0 aliphatic heterocycles. The molecule has 4 aliphatic carbocycles. The van der Waals surface area contributed by atoms with Gasteiger partial charge in [-0.2, -0.15) is 0 Å². The highest BCUT2D eigenvalue weighted by Crippen LogP contribution is 2.68. The molecule has 0 N–H and O–H groups in total. The summed E-state index contributed by atoms with van der Waals surface area (Å²) in [7, 11) is 0. The zero-order valence-corrected chi connectivity index (χ0v) is 40.9. The fourth-order valence-corrected chi connectivity index (χ4v) is 14.9. The van der Waals surface area contributed by atoms with Gasteiger partial charge in [-0.1, -0.05) is 191 Å². The van der Waals surface area contributed by atoms with Gasteiger partial charge in [0.25, 0.3) is 0 Å². The number of fused-ring (bicyclic) bond motifs is 26. The highest BCUT2D eigenvalue weighted by atomic mass is 16.3. The van der Waals surface area contributed by atoms with Crippen molar-refractivity contribution in [2.45, 2.75) is 43.9 Å². The van der Waals surface area contributed by atoms with Crippen LogP contribution in [0.25, 0.3) is 121 Å². The summed E-state index contributed by atoms with van der Waals surface area (Å²) in [5.74, 6) is 0.